The van der Waals surface area contributed by atoms with Crippen molar-refractivity contribution in [3.8, 4) is 0 Å². The molecule has 0 spiro atoms. The topological polar surface area (TPSA) is 456 Å². The maximum atomic E-state index is 13.6. The lowest BCUT2D eigenvalue weighted by molar-refractivity contribution is -0.124. The molecule has 24 N–H and O–H groups in total. The van der Waals surface area contributed by atoms with Crippen LogP contribution in [0.15, 0.2) is 68.5 Å². The second-order valence-corrected chi connectivity index (χ2v) is 15.7. The number of amides is 8. The lowest BCUT2D eigenvalue weighted by Gasteiger charge is -2.23. The highest BCUT2D eigenvalue weighted by Crippen LogP contribution is 2.10. The van der Waals surface area contributed by atoms with Crippen molar-refractivity contribution in [2.75, 3.05) is 26.2 Å². The van der Waals surface area contributed by atoms with E-state index in [0.29, 0.717) is 47.9 Å². The zero-order valence-corrected chi connectivity index (χ0v) is 38.1. The fourth-order valence-corrected chi connectivity index (χ4v) is 6.61. The molecule has 2 aromatic rings. The van der Waals surface area contributed by atoms with Gasteiger partial charge in [-0.3, -0.25) is 39.1 Å². The van der Waals surface area contributed by atoms with Crippen molar-refractivity contribution in [1.29, 1.82) is 0 Å². The molecule has 26 heteroatoms. The van der Waals surface area contributed by atoms with Crippen molar-refractivity contribution in [1.82, 2.24) is 42.5 Å². The van der Waals surface area contributed by atoms with E-state index in [2.05, 4.69) is 62.5 Å². The number of urea groups is 2. The molecule has 4 aliphatic rings. The Balaban J connectivity index is 1.91. The van der Waals surface area contributed by atoms with Crippen LogP contribution in [0.5, 0.6) is 0 Å². The first-order valence-corrected chi connectivity index (χ1v) is 22.1. The normalized spacial score (nSPS) is 18.9. The Kier molecular flexibility index (Phi) is 23.5. The SMILES string of the molecule is NC(N)=NCCC[C@@H]1NC(=O)N[C@@H](CCCN=C(N)N)C(=O)NCc2ccc(cc2)CNC(=O)[C@H](CCCN=C(N)N)NC(=O)N[C@@H](CCCN=C(N)N)C(=O)NCc2ccc(cc2)CNC1=O. The molecule has 0 radical (unpaired) electrons. The Morgan fingerprint density at radius 1 is 0.368 bits per heavy atom. The van der Waals surface area contributed by atoms with Gasteiger partial charge in [0.1, 0.15) is 24.2 Å². The van der Waals surface area contributed by atoms with Gasteiger partial charge in [0.05, 0.1) is 0 Å². The second-order valence-electron chi connectivity index (χ2n) is 15.7. The van der Waals surface area contributed by atoms with Gasteiger partial charge in [0.15, 0.2) is 23.8 Å². The number of rotatable bonds is 16. The molecule has 0 unspecified atom stereocenters. The molecule has 372 valence electrons. The van der Waals surface area contributed by atoms with Crippen LogP contribution in [0.25, 0.3) is 0 Å². The Bertz CT molecular complexity index is 1790. The molecular formula is C42H68N20O6. The Morgan fingerprint density at radius 2 is 0.559 bits per heavy atom. The Hall–Kier alpha value is -8.06. The summed E-state index contributed by atoms with van der Waals surface area (Å²) in [5.41, 5.74) is 46.6. The number of nitrogens with two attached hydrogens (primary N) is 8. The van der Waals surface area contributed by atoms with E-state index in [9.17, 15) is 28.8 Å². The van der Waals surface area contributed by atoms with Crippen molar-refractivity contribution >= 4 is 59.5 Å². The summed E-state index contributed by atoms with van der Waals surface area (Å²) in [6, 6.07) is 8.33. The van der Waals surface area contributed by atoms with E-state index in [0.717, 1.165) is 0 Å². The van der Waals surface area contributed by atoms with Gasteiger partial charge >= 0.3 is 12.1 Å². The van der Waals surface area contributed by atoms with E-state index in [4.69, 9.17) is 45.9 Å². The van der Waals surface area contributed by atoms with Crippen LogP contribution in [0, 0.1) is 0 Å². The number of carbonyl (C=O) groups excluding carboxylic acids is 6. The van der Waals surface area contributed by atoms with Gasteiger partial charge in [-0.25, -0.2) is 9.59 Å². The summed E-state index contributed by atoms with van der Waals surface area (Å²) in [5.74, 6) is -2.49. The predicted molar refractivity (Wildman–Crippen MR) is 258 cm³/mol. The van der Waals surface area contributed by atoms with Gasteiger partial charge in [-0.1, -0.05) is 48.5 Å². The fraction of sp³-hybridized carbons (Fsp3) is 0.476. The van der Waals surface area contributed by atoms with E-state index in [-0.39, 0.29) is 102 Å². The molecule has 4 aliphatic heterocycles. The number of hydrogen-bond donors (Lipinski definition) is 16. The molecule has 0 saturated heterocycles. The molecule has 4 atom stereocenters. The maximum absolute atomic E-state index is 13.6. The molecule has 6 rings (SSSR count). The molecule has 4 heterocycles. The molecule has 4 bridgehead atoms. The first-order chi connectivity index (χ1) is 32.5. The number of hydrogen-bond acceptors (Lipinski definition) is 10. The second kappa shape index (κ2) is 29.5. The largest absolute Gasteiger partial charge is 0.370 e. The first kappa shape index (κ1) is 54.3. The molecule has 0 fully saturated rings. The molecule has 0 aromatic heterocycles. The van der Waals surface area contributed by atoms with Crippen molar-refractivity contribution in [2.24, 2.45) is 65.8 Å². The van der Waals surface area contributed by atoms with E-state index in [1.165, 1.54) is 0 Å². The maximum Gasteiger partial charge on any atom is 0.316 e. The average Bonchev–Trinajstić information content (AvgIpc) is 3.29. The van der Waals surface area contributed by atoms with E-state index in [1.54, 1.807) is 48.5 Å². The summed E-state index contributed by atoms with van der Waals surface area (Å²) in [6.07, 6.45) is 1.97. The molecule has 8 amide bonds. The monoisotopic (exact) mass is 949 g/mol. The third-order valence-electron chi connectivity index (χ3n) is 10.2. The van der Waals surface area contributed by atoms with E-state index < -0.39 is 59.9 Å². The minimum absolute atomic E-state index is 0.0835. The average molecular weight is 949 g/mol. The highest BCUT2D eigenvalue weighted by atomic mass is 16.2. The minimum atomic E-state index is -1.04. The van der Waals surface area contributed by atoms with Crippen molar-refractivity contribution in [3.63, 3.8) is 0 Å². The third kappa shape index (κ3) is 22.2. The van der Waals surface area contributed by atoms with E-state index >= 15 is 0 Å². The van der Waals surface area contributed by atoms with Gasteiger partial charge in [0, 0.05) is 52.4 Å². The van der Waals surface area contributed by atoms with Crippen LogP contribution < -0.4 is 88.4 Å². The Morgan fingerprint density at radius 3 is 0.735 bits per heavy atom. The predicted octanol–water partition coefficient (Wildman–Crippen LogP) is -3.85. The summed E-state index contributed by atoms with van der Waals surface area (Å²) in [7, 11) is 0. The van der Waals surface area contributed by atoms with Crippen LogP contribution in [0.4, 0.5) is 9.59 Å². The van der Waals surface area contributed by atoms with Crippen LogP contribution in [0.2, 0.25) is 0 Å². The molecule has 68 heavy (non-hydrogen) atoms. The lowest BCUT2D eigenvalue weighted by atomic mass is 10.1. The van der Waals surface area contributed by atoms with Gasteiger partial charge in [-0.2, -0.15) is 0 Å². The summed E-state index contributed by atoms with van der Waals surface area (Å²) in [4.78, 5) is 97.0. The highest BCUT2D eigenvalue weighted by molar-refractivity contribution is 5.91. The van der Waals surface area contributed by atoms with E-state index in [1.807, 2.05) is 0 Å². The van der Waals surface area contributed by atoms with Crippen molar-refractivity contribution < 1.29 is 28.8 Å². The third-order valence-corrected chi connectivity index (χ3v) is 10.2. The van der Waals surface area contributed by atoms with Gasteiger partial charge in [0.25, 0.3) is 0 Å². The van der Waals surface area contributed by atoms with Crippen LogP contribution in [0.3, 0.4) is 0 Å². The minimum Gasteiger partial charge on any atom is -0.370 e. The molecule has 0 aliphatic carbocycles. The lowest BCUT2D eigenvalue weighted by Crippen LogP contribution is -2.55. The number of guanidine groups is 4. The van der Waals surface area contributed by atoms with Gasteiger partial charge in [-0.05, 0) is 73.6 Å². The number of nitrogens with one attached hydrogen (secondary N) is 8. The summed E-state index contributed by atoms with van der Waals surface area (Å²) in [6.45, 7) is 1.13. The molecule has 26 nitrogen and oxygen atoms in total. The van der Waals surface area contributed by atoms with Crippen molar-refractivity contribution in [2.45, 2.75) is 102 Å². The fourth-order valence-electron chi connectivity index (χ4n) is 6.61. The van der Waals surface area contributed by atoms with Gasteiger partial charge in [0.2, 0.25) is 23.6 Å². The quantitative estimate of drug-likeness (QED) is 0.0436. The van der Waals surface area contributed by atoms with Crippen molar-refractivity contribution in [3.05, 3.63) is 70.8 Å². The molecular weight excluding hydrogens is 881 g/mol. The zero-order valence-electron chi connectivity index (χ0n) is 38.1. The number of carbonyl (C=O) groups is 6. The summed E-state index contributed by atoms with van der Waals surface area (Å²) in [5, 5.41) is 22.1. The summed E-state index contributed by atoms with van der Waals surface area (Å²) >= 11 is 0. The van der Waals surface area contributed by atoms with Crippen LogP contribution in [-0.4, -0.2) is 110 Å². The zero-order chi connectivity index (χ0) is 49.8. The molecule has 0 saturated carbocycles. The van der Waals surface area contributed by atoms with Gasteiger partial charge in [-0.15, -0.1) is 0 Å². The first-order valence-electron chi connectivity index (χ1n) is 22.1. The standard InChI is InChI=1S/C42H68N20O6/c43-37(44)51-17-1-5-29-33(63)55-21-25-9-11-26(12-10-25)23-57-35(65)31(7-3-19-53-39(47)48)61-42(68)62-32(8-4-20-54-40(49)50)36(66)58-24-28-15-13-27(14-16-28)22-56-34(64)30(60-41(67)59-29)6-2-18-52-38(45)46/h9-16,29-32H,1-8,17-24H2,(H,55,63)(H,56,64)(H,57,65)(H,58,66)(H4,43,44,51)(H4,45,46,52)(H4,47,48,53)(H4,49,50,54)(H2,59,60,67)(H2,61,62,68)/t29-,30-,31-,32-/m0/s1. The highest BCUT2D eigenvalue weighted by Gasteiger charge is 2.27. The summed E-state index contributed by atoms with van der Waals surface area (Å²) < 4.78 is 0. The number of benzene rings is 2. The Labute approximate surface area is 394 Å². The smallest absolute Gasteiger partial charge is 0.316 e. The van der Waals surface area contributed by atoms with Crippen LogP contribution in [-0.2, 0) is 45.4 Å². The number of aliphatic imine (C=N–C) groups is 4. The van der Waals surface area contributed by atoms with Crippen LogP contribution >= 0.6 is 0 Å². The van der Waals surface area contributed by atoms with Crippen LogP contribution in [0.1, 0.15) is 73.6 Å². The van der Waals surface area contributed by atoms with Gasteiger partial charge < -0.3 is 88.4 Å². The number of nitrogens with zero attached hydrogens (tertiary/aromatic N) is 4. The molecule has 2 aromatic carbocycles.